The van der Waals surface area contributed by atoms with Gasteiger partial charge >= 0.3 is 0 Å². The highest BCUT2D eigenvalue weighted by Crippen LogP contribution is 2.35. The Morgan fingerprint density at radius 1 is 0.952 bits per heavy atom. The van der Waals surface area contributed by atoms with Gasteiger partial charge in [0.15, 0.2) is 5.96 Å². The highest BCUT2D eigenvalue weighted by atomic mass is 16.1. The molecule has 0 saturated carbocycles. The molecule has 4 nitrogen and oxygen atoms in total. The first kappa shape index (κ1) is 17.3. The molecule has 5 heteroatoms. The number of guanidine groups is 1. The van der Waals surface area contributed by atoms with E-state index in [2.05, 4.69) is 39.6 Å². The van der Waals surface area contributed by atoms with Crippen LogP contribution in [-0.2, 0) is 10.1 Å². The van der Waals surface area contributed by atoms with Crippen LogP contribution in [0.5, 0.6) is 0 Å². The fourth-order valence-corrected chi connectivity index (χ4v) is 2.89. The number of rotatable bonds is 3. The van der Waals surface area contributed by atoms with Gasteiger partial charge in [0.2, 0.25) is 0 Å². The molecule has 113 valence electrons. The summed E-state index contributed by atoms with van der Waals surface area (Å²) in [5.74, 6) is -0.539. The van der Waals surface area contributed by atoms with Gasteiger partial charge in [0.1, 0.15) is 7.28 Å². The third-order valence-electron chi connectivity index (χ3n) is 4.77. The highest BCUT2D eigenvalue weighted by Gasteiger charge is 2.37. The van der Waals surface area contributed by atoms with Crippen LogP contribution < -0.4 is 11.5 Å². The number of nitrogens with two attached hydrogens (primary N) is 2. The Labute approximate surface area is 128 Å². The van der Waals surface area contributed by atoms with Crippen LogP contribution in [0.15, 0.2) is 4.99 Å². The van der Waals surface area contributed by atoms with Gasteiger partial charge in [-0.15, -0.1) is 0 Å². The summed E-state index contributed by atoms with van der Waals surface area (Å²) in [4.78, 5) is 16.3. The lowest BCUT2D eigenvalue weighted by Crippen LogP contribution is -2.40. The number of carbonyl (C=O) groups is 1. The SMILES string of the molecule is C[B]C(C)(C(=O)N=C(N)N)c1c(C)c(C)c(C)c(C)c1C. The van der Waals surface area contributed by atoms with Crippen molar-refractivity contribution in [3.05, 3.63) is 33.4 Å². The lowest BCUT2D eigenvalue weighted by Gasteiger charge is -2.31. The first-order valence-corrected chi connectivity index (χ1v) is 7.09. The van der Waals surface area contributed by atoms with Gasteiger partial charge in [0.25, 0.3) is 5.91 Å². The van der Waals surface area contributed by atoms with Crippen molar-refractivity contribution in [1.29, 1.82) is 0 Å². The van der Waals surface area contributed by atoms with Crippen molar-refractivity contribution in [3.63, 3.8) is 0 Å². The maximum Gasteiger partial charge on any atom is 0.251 e. The van der Waals surface area contributed by atoms with Gasteiger partial charge < -0.3 is 11.5 Å². The third-order valence-corrected chi connectivity index (χ3v) is 4.77. The summed E-state index contributed by atoms with van der Waals surface area (Å²) in [6.07, 6.45) is 0. The molecule has 0 heterocycles. The molecule has 0 spiro atoms. The smallest absolute Gasteiger partial charge is 0.251 e. The standard InChI is InChI=1S/C16H25BN3O/c1-8-9(2)11(4)13(12(5)10(8)3)16(6,17-7)14(21)20-15(18)19/h1-7H3,(H4,18,19,20,21). The van der Waals surface area contributed by atoms with E-state index in [1.165, 1.54) is 16.7 Å². The van der Waals surface area contributed by atoms with Crippen LogP contribution in [0.2, 0.25) is 6.82 Å². The Kier molecular flexibility index (Phi) is 4.87. The van der Waals surface area contributed by atoms with Crippen LogP contribution >= 0.6 is 0 Å². The number of aliphatic imine (C=N–C) groups is 1. The van der Waals surface area contributed by atoms with Crippen molar-refractivity contribution in [2.45, 2.75) is 53.7 Å². The van der Waals surface area contributed by atoms with Gasteiger partial charge in [-0.05, 0) is 68.0 Å². The Morgan fingerprint density at radius 2 is 1.33 bits per heavy atom. The molecule has 0 saturated heterocycles. The normalized spacial score (nSPS) is 13.5. The van der Waals surface area contributed by atoms with Crippen LogP contribution in [-0.4, -0.2) is 19.1 Å². The van der Waals surface area contributed by atoms with Crippen LogP contribution in [0.4, 0.5) is 0 Å². The zero-order valence-corrected chi connectivity index (χ0v) is 14.1. The van der Waals surface area contributed by atoms with E-state index in [1.54, 1.807) is 0 Å². The molecule has 0 aliphatic rings. The largest absolute Gasteiger partial charge is 0.370 e. The van der Waals surface area contributed by atoms with Crippen LogP contribution in [0.25, 0.3) is 0 Å². The molecule has 1 atom stereocenters. The molecule has 1 amide bonds. The molecule has 1 aromatic carbocycles. The van der Waals surface area contributed by atoms with Crippen molar-refractivity contribution >= 4 is 19.1 Å². The van der Waals surface area contributed by atoms with E-state index in [9.17, 15) is 4.79 Å². The Balaban J connectivity index is 3.71. The highest BCUT2D eigenvalue weighted by molar-refractivity contribution is 6.46. The van der Waals surface area contributed by atoms with Crippen molar-refractivity contribution in [2.75, 3.05) is 0 Å². The lowest BCUT2D eigenvalue weighted by molar-refractivity contribution is -0.120. The molecule has 1 aromatic rings. The molecule has 4 N–H and O–H groups in total. The number of amides is 1. The zero-order valence-electron chi connectivity index (χ0n) is 14.1. The molecule has 21 heavy (non-hydrogen) atoms. The van der Waals surface area contributed by atoms with E-state index in [0.29, 0.717) is 0 Å². The first-order chi connectivity index (χ1) is 9.57. The van der Waals surface area contributed by atoms with Gasteiger partial charge in [-0.25, -0.2) is 0 Å². The summed E-state index contributed by atoms with van der Waals surface area (Å²) in [5, 5.41) is -0.832. The predicted octanol–water partition coefficient (Wildman–Crippen LogP) is 2.00. The van der Waals surface area contributed by atoms with Crippen molar-refractivity contribution < 1.29 is 4.79 Å². The average molecular weight is 286 g/mol. The van der Waals surface area contributed by atoms with E-state index in [1.807, 2.05) is 21.0 Å². The minimum absolute atomic E-state index is 0.205. The average Bonchev–Trinajstić information content (AvgIpc) is 2.42. The monoisotopic (exact) mass is 286 g/mol. The summed E-state index contributed by atoms with van der Waals surface area (Å²) in [6.45, 7) is 14.1. The van der Waals surface area contributed by atoms with Gasteiger partial charge in [0, 0.05) is 5.31 Å². The van der Waals surface area contributed by atoms with Crippen molar-refractivity contribution in [2.24, 2.45) is 16.5 Å². The van der Waals surface area contributed by atoms with E-state index < -0.39 is 5.31 Å². The summed E-state index contributed by atoms with van der Waals surface area (Å²) >= 11 is 0. The molecular formula is C16H25BN3O. The number of nitrogens with zero attached hydrogens (tertiary/aromatic N) is 1. The van der Waals surface area contributed by atoms with Crippen molar-refractivity contribution in [1.82, 2.24) is 0 Å². The van der Waals surface area contributed by atoms with Gasteiger partial charge in [0.05, 0.1) is 0 Å². The van der Waals surface area contributed by atoms with Crippen LogP contribution in [0.3, 0.4) is 0 Å². The Hall–Kier alpha value is -1.78. The molecule has 0 aliphatic carbocycles. The summed E-state index contributed by atoms with van der Waals surface area (Å²) < 4.78 is 0. The minimum Gasteiger partial charge on any atom is -0.370 e. The molecule has 0 bridgehead atoms. The first-order valence-electron chi connectivity index (χ1n) is 7.09. The zero-order chi connectivity index (χ0) is 16.5. The topological polar surface area (TPSA) is 81.5 Å². The number of benzene rings is 1. The quantitative estimate of drug-likeness (QED) is 0.506. The number of hydrogen-bond acceptors (Lipinski definition) is 1. The Bertz CT molecular complexity index is 589. The molecule has 1 rings (SSSR count). The van der Waals surface area contributed by atoms with E-state index in [-0.39, 0.29) is 11.9 Å². The van der Waals surface area contributed by atoms with E-state index in [4.69, 9.17) is 11.5 Å². The fourth-order valence-electron chi connectivity index (χ4n) is 2.89. The van der Waals surface area contributed by atoms with Crippen LogP contribution in [0, 0.1) is 34.6 Å². The van der Waals surface area contributed by atoms with Gasteiger partial charge in [-0.3, -0.25) is 4.79 Å². The molecular weight excluding hydrogens is 261 g/mol. The second-order valence-corrected chi connectivity index (χ2v) is 5.83. The van der Waals surface area contributed by atoms with E-state index in [0.717, 1.165) is 16.7 Å². The predicted molar refractivity (Wildman–Crippen MR) is 89.9 cm³/mol. The summed E-state index contributed by atoms with van der Waals surface area (Å²) in [6, 6.07) is 0. The lowest BCUT2D eigenvalue weighted by atomic mass is 9.49. The van der Waals surface area contributed by atoms with Gasteiger partial charge in [-0.2, -0.15) is 4.99 Å². The number of carbonyl (C=O) groups excluding carboxylic acids is 1. The second kappa shape index (κ2) is 5.92. The van der Waals surface area contributed by atoms with Crippen molar-refractivity contribution in [3.8, 4) is 0 Å². The maximum absolute atomic E-state index is 12.5. The molecule has 1 radical (unpaired) electrons. The minimum atomic E-state index is -0.832. The maximum atomic E-state index is 12.5. The molecule has 1 unspecified atom stereocenters. The van der Waals surface area contributed by atoms with Gasteiger partial charge in [-0.1, -0.05) is 13.7 Å². The van der Waals surface area contributed by atoms with E-state index >= 15 is 0 Å². The fraction of sp³-hybridized carbons (Fsp3) is 0.500. The molecule has 0 fully saturated rings. The molecule has 0 aromatic heterocycles. The Morgan fingerprint density at radius 3 is 1.67 bits per heavy atom. The third kappa shape index (κ3) is 2.82. The second-order valence-electron chi connectivity index (χ2n) is 5.83. The summed E-state index contributed by atoms with van der Waals surface area (Å²) in [5.41, 5.74) is 17.7. The summed E-state index contributed by atoms with van der Waals surface area (Å²) in [7, 11) is 1.87. The van der Waals surface area contributed by atoms with Crippen LogP contribution in [0.1, 0.15) is 40.3 Å². The number of hydrogen-bond donors (Lipinski definition) is 2. The molecule has 0 aliphatic heterocycles.